The zero-order valence-electron chi connectivity index (χ0n) is 11.1. The lowest BCUT2D eigenvalue weighted by Gasteiger charge is -2.19. The molecule has 1 amide bonds. The van der Waals surface area contributed by atoms with Crippen molar-refractivity contribution in [2.24, 2.45) is 11.8 Å². The topological polar surface area (TPSA) is 92.2 Å². The van der Waals surface area contributed by atoms with Crippen LogP contribution in [0.25, 0.3) is 0 Å². The molecule has 1 aromatic rings. The Bertz CT molecular complexity index is 408. The van der Waals surface area contributed by atoms with Crippen molar-refractivity contribution in [2.75, 3.05) is 5.32 Å². The number of anilines is 1. The van der Waals surface area contributed by atoms with E-state index in [0.717, 1.165) is 12.8 Å². The Balaban J connectivity index is 2.48. The van der Waals surface area contributed by atoms with E-state index in [2.05, 4.69) is 15.5 Å². The maximum Gasteiger partial charge on any atom is 0.306 e. The van der Waals surface area contributed by atoms with Gasteiger partial charge in [-0.1, -0.05) is 38.0 Å². The van der Waals surface area contributed by atoms with Gasteiger partial charge >= 0.3 is 5.97 Å². The van der Waals surface area contributed by atoms with Crippen LogP contribution in [0.2, 0.25) is 0 Å². The molecule has 0 radical (unpaired) electrons. The Morgan fingerprint density at radius 3 is 2.79 bits per heavy atom. The van der Waals surface area contributed by atoms with Crippen molar-refractivity contribution in [2.45, 2.75) is 39.5 Å². The number of aliphatic carboxylic acids is 1. The van der Waals surface area contributed by atoms with E-state index >= 15 is 0 Å². The third-order valence-electron chi connectivity index (χ3n) is 2.99. The first-order valence-corrected chi connectivity index (χ1v) is 7.21. The second kappa shape index (κ2) is 7.83. The van der Waals surface area contributed by atoms with Crippen molar-refractivity contribution >= 4 is 28.3 Å². The highest BCUT2D eigenvalue weighted by Gasteiger charge is 2.26. The molecule has 0 fully saturated rings. The number of carboxylic acid groups (broad SMARTS) is 1. The zero-order valence-corrected chi connectivity index (χ0v) is 11.9. The predicted molar refractivity (Wildman–Crippen MR) is 73.0 cm³/mol. The average Bonchev–Trinajstić information content (AvgIpc) is 2.81. The van der Waals surface area contributed by atoms with Crippen molar-refractivity contribution in [3.63, 3.8) is 0 Å². The van der Waals surface area contributed by atoms with Crippen LogP contribution in [0.15, 0.2) is 5.51 Å². The number of aromatic nitrogens is 2. The summed E-state index contributed by atoms with van der Waals surface area (Å²) in [6.07, 6.45) is 2.60. The van der Waals surface area contributed by atoms with Crippen LogP contribution < -0.4 is 5.32 Å². The highest BCUT2D eigenvalue weighted by atomic mass is 32.1. The first kappa shape index (κ1) is 15.6. The Kier molecular flexibility index (Phi) is 6.41. The van der Waals surface area contributed by atoms with Gasteiger partial charge in [0.2, 0.25) is 11.0 Å². The van der Waals surface area contributed by atoms with Gasteiger partial charge in [-0.15, -0.1) is 10.2 Å². The van der Waals surface area contributed by atoms with Crippen LogP contribution in [0.1, 0.15) is 39.5 Å². The fourth-order valence-corrected chi connectivity index (χ4v) is 2.37. The Hall–Kier alpha value is -1.50. The summed E-state index contributed by atoms with van der Waals surface area (Å²) in [5.41, 5.74) is 1.53. The standard InChI is InChI=1S/C12H19N3O3S/c1-3-4-5-9(11(17)18)8(2)6-10(16)14-12-15-13-7-19-12/h7-9H,3-6H2,1-2H3,(H,17,18)(H,14,15,16)/t8-,9+/m0/s1. The third kappa shape index (κ3) is 5.34. The van der Waals surface area contributed by atoms with E-state index in [1.54, 1.807) is 6.92 Å². The normalized spacial score (nSPS) is 13.8. The predicted octanol–water partition coefficient (Wildman–Crippen LogP) is 2.39. The lowest BCUT2D eigenvalue weighted by atomic mass is 9.87. The Morgan fingerprint density at radius 1 is 1.53 bits per heavy atom. The molecule has 0 saturated carbocycles. The molecule has 0 aromatic carbocycles. The number of unbranched alkanes of at least 4 members (excludes halogenated alkanes) is 1. The Morgan fingerprint density at radius 2 is 2.26 bits per heavy atom. The van der Waals surface area contributed by atoms with Gasteiger partial charge in [0.05, 0.1) is 5.92 Å². The number of hydrogen-bond acceptors (Lipinski definition) is 5. The van der Waals surface area contributed by atoms with E-state index in [4.69, 9.17) is 0 Å². The molecule has 0 spiro atoms. The second-order valence-corrected chi connectivity index (χ2v) is 5.39. The number of hydrogen-bond donors (Lipinski definition) is 2. The third-order valence-corrected chi connectivity index (χ3v) is 3.59. The van der Waals surface area contributed by atoms with E-state index in [-0.39, 0.29) is 18.2 Å². The average molecular weight is 285 g/mol. The first-order valence-electron chi connectivity index (χ1n) is 6.33. The molecule has 0 aliphatic rings. The van der Waals surface area contributed by atoms with E-state index in [1.165, 1.54) is 16.8 Å². The summed E-state index contributed by atoms with van der Waals surface area (Å²) < 4.78 is 0. The molecule has 2 atom stereocenters. The highest BCUT2D eigenvalue weighted by molar-refractivity contribution is 7.13. The Labute approximate surface area is 116 Å². The number of rotatable bonds is 8. The summed E-state index contributed by atoms with van der Waals surface area (Å²) in [5, 5.41) is 19.6. The van der Waals surface area contributed by atoms with Crippen molar-refractivity contribution in [3.05, 3.63) is 5.51 Å². The fraction of sp³-hybridized carbons (Fsp3) is 0.667. The van der Waals surface area contributed by atoms with Gasteiger partial charge in [0.1, 0.15) is 5.51 Å². The van der Waals surface area contributed by atoms with Crippen LogP contribution in [-0.4, -0.2) is 27.2 Å². The number of amides is 1. The smallest absolute Gasteiger partial charge is 0.306 e. The minimum absolute atomic E-state index is 0.181. The summed E-state index contributed by atoms with van der Waals surface area (Å²) in [4.78, 5) is 22.9. The molecule has 0 unspecified atom stereocenters. The van der Waals surface area contributed by atoms with Crippen LogP contribution in [0.5, 0.6) is 0 Å². The number of carbonyl (C=O) groups excluding carboxylic acids is 1. The van der Waals surface area contributed by atoms with E-state index in [1.807, 2.05) is 6.92 Å². The SMILES string of the molecule is CCCC[C@@H](C(=O)O)[C@@H](C)CC(=O)Nc1nncs1. The lowest BCUT2D eigenvalue weighted by molar-refractivity contribution is -0.144. The van der Waals surface area contributed by atoms with Crippen LogP contribution in [0, 0.1) is 11.8 Å². The molecular weight excluding hydrogens is 266 g/mol. The minimum atomic E-state index is -0.829. The quantitative estimate of drug-likeness (QED) is 0.765. The van der Waals surface area contributed by atoms with Crippen LogP contribution in [0.4, 0.5) is 5.13 Å². The zero-order chi connectivity index (χ0) is 14.3. The summed E-state index contributed by atoms with van der Waals surface area (Å²) in [6, 6.07) is 0. The first-order chi connectivity index (χ1) is 9.04. The van der Waals surface area contributed by atoms with Gasteiger partial charge in [0.25, 0.3) is 0 Å². The fourth-order valence-electron chi connectivity index (χ4n) is 1.91. The lowest BCUT2D eigenvalue weighted by Crippen LogP contribution is -2.26. The van der Waals surface area contributed by atoms with Gasteiger partial charge in [-0.3, -0.25) is 9.59 Å². The van der Waals surface area contributed by atoms with Crippen molar-refractivity contribution < 1.29 is 14.7 Å². The van der Waals surface area contributed by atoms with Crippen molar-refractivity contribution in [3.8, 4) is 0 Å². The van der Waals surface area contributed by atoms with Crippen LogP contribution in [-0.2, 0) is 9.59 Å². The highest BCUT2D eigenvalue weighted by Crippen LogP contribution is 2.22. The van der Waals surface area contributed by atoms with Gasteiger partial charge in [0, 0.05) is 6.42 Å². The molecule has 7 heteroatoms. The van der Waals surface area contributed by atoms with Crippen LogP contribution >= 0.6 is 11.3 Å². The number of carbonyl (C=O) groups is 2. The van der Waals surface area contributed by atoms with Crippen LogP contribution in [0.3, 0.4) is 0 Å². The van der Waals surface area contributed by atoms with Gasteiger partial charge in [-0.2, -0.15) is 0 Å². The maximum atomic E-state index is 11.8. The monoisotopic (exact) mass is 285 g/mol. The molecule has 2 N–H and O–H groups in total. The summed E-state index contributed by atoms with van der Waals surface area (Å²) in [6.45, 7) is 3.82. The summed E-state index contributed by atoms with van der Waals surface area (Å²) in [7, 11) is 0. The van der Waals surface area contributed by atoms with Crippen molar-refractivity contribution in [1.82, 2.24) is 10.2 Å². The number of nitrogens with zero attached hydrogens (tertiary/aromatic N) is 2. The van der Waals surface area contributed by atoms with Gasteiger partial charge in [-0.25, -0.2) is 0 Å². The van der Waals surface area contributed by atoms with Gasteiger partial charge in [-0.05, 0) is 12.3 Å². The maximum absolute atomic E-state index is 11.8. The van der Waals surface area contributed by atoms with E-state index in [9.17, 15) is 14.7 Å². The number of nitrogens with one attached hydrogen (secondary N) is 1. The largest absolute Gasteiger partial charge is 0.481 e. The van der Waals surface area contributed by atoms with Gasteiger partial charge < -0.3 is 10.4 Å². The van der Waals surface area contributed by atoms with Gasteiger partial charge in [0.15, 0.2) is 0 Å². The van der Waals surface area contributed by atoms with E-state index < -0.39 is 11.9 Å². The molecular formula is C12H19N3O3S. The minimum Gasteiger partial charge on any atom is -0.481 e. The molecule has 1 heterocycles. The van der Waals surface area contributed by atoms with Crippen molar-refractivity contribution in [1.29, 1.82) is 0 Å². The molecule has 1 aromatic heterocycles. The molecule has 19 heavy (non-hydrogen) atoms. The molecule has 0 aliphatic carbocycles. The molecule has 0 bridgehead atoms. The molecule has 106 valence electrons. The second-order valence-electron chi connectivity index (χ2n) is 4.56. The molecule has 1 rings (SSSR count). The summed E-state index contributed by atoms with van der Waals surface area (Å²) >= 11 is 1.24. The molecule has 0 aliphatic heterocycles. The molecule has 6 nitrogen and oxygen atoms in total. The summed E-state index contributed by atoms with van der Waals surface area (Å²) in [5.74, 6) is -1.71. The van der Waals surface area contributed by atoms with E-state index in [0.29, 0.717) is 11.6 Å². The number of carboxylic acids is 1. The molecule has 0 saturated heterocycles.